The molecule has 0 saturated carbocycles. The zero-order valence-electron chi connectivity index (χ0n) is 13.8. The van der Waals surface area contributed by atoms with E-state index in [0.29, 0.717) is 0 Å². The Kier molecular flexibility index (Phi) is 5.35. The normalized spacial score (nSPS) is 40.6. The Balaban J connectivity index is 1.91. The van der Waals surface area contributed by atoms with Crippen LogP contribution in [0.1, 0.15) is 13.8 Å². The number of halogens is 3. The fraction of sp³-hybridized carbons (Fsp3) is 0.769. The molecule has 13 heteroatoms. The molecular formula is C13H18ClF2N2O7P. The number of nitrogens with one attached hydrogen (secondary N) is 1. The van der Waals surface area contributed by atoms with Gasteiger partial charge in [0.2, 0.25) is 0 Å². The number of hydrogen-bond acceptors (Lipinski definition) is 7. The van der Waals surface area contributed by atoms with E-state index in [1.165, 1.54) is 0 Å². The lowest BCUT2D eigenvalue weighted by Crippen LogP contribution is -2.56. The van der Waals surface area contributed by atoms with Crippen molar-refractivity contribution in [1.29, 1.82) is 0 Å². The molecule has 3 heterocycles. The highest BCUT2D eigenvalue weighted by Gasteiger charge is 2.68. The average Bonchev–Trinajstić information content (AvgIpc) is 2.83. The summed E-state index contributed by atoms with van der Waals surface area (Å²) < 4.78 is 60.5. The number of amides is 2. The van der Waals surface area contributed by atoms with E-state index in [9.17, 15) is 23.2 Å². The fourth-order valence-electron chi connectivity index (χ4n) is 2.89. The second-order valence-electron chi connectivity index (χ2n) is 6.30. The summed E-state index contributed by atoms with van der Waals surface area (Å²) in [4.78, 5) is 12.9. The average molecular weight is 419 g/mol. The van der Waals surface area contributed by atoms with Gasteiger partial charge in [-0.3, -0.25) is 18.5 Å². The van der Waals surface area contributed by atoms with Gasteiger partial charge in [-0.1, -0.05) is 11.6 Å². The number of carbonyl (C=O) groups excluding carboxylic acids is 1. The van der Waals surface area contributed by atoms with E-state index in [1.54, 1.807) is 13.8 Å². The molecular weight excluding hydrogens is 401 g/mol. The standard InChI is InChI=1S/C13H18ClF2N2O7P/c1-6(2)24-26(21)22-5-13(11(15)16)9(25-26)8(19)10(23-13)18-4-7(14)3-17-12(18)20/h4,6,8-11,19H,3,5H2,1-2H3,(H,17,20)/t8-,9-,10-,13-,26?/m1/s1. The zero-order valence-corrected chi connectivity index (χ0v) is 15.5. The number of urea groups is 1. The Bertz CT molecular complexity index is 666. The van der Waals surface area contributed by atoms with Crippen molar-refractivity contribution < 1.29 is 41.6 Å². The molecule has 0 bridgehead atoms. The topological polar surface area (TPSA) is 107 Å². The lowest BCUT2D eigenvalue weighted by molar-refractivity contribution is -0.209. The molecule has 1 unspecified atom stereocenters. The van der Waals surface area contributed by atoms with Gasteiger partial charge < -0.3 is 15.2 Å². The van der Waals surface area contributed by atoms with Crippen LogP contribution in [0.15, 0.2) is 11.2 Å². The molecule has 148 valence electrons. The van der Waals surface area contributed by atoms with Gasteiger partial charge >= 0.3 is 13.9 Å². The first-order valence-electron chi connectivity index (χ1n) is 7.76. The highest BCUT2D eigenvalue weighted by atomic mass is 35.5. The van der Waals surface area contributed by atoms with Crippen LogP contribution in [-0.4, -0.2) is 65.8 Å². The monoisotopic (exact) mass is 418 g/mol. The maximum absolute atomic E-state index is 13.8. The van der Waals surface area contributed by atoms with Crippen LogP contribution in [0.4, 0.5) is 13.6 Å². The van der Waals surface area contributed by atoms with Gasteiger partial charge in [0.15, 0.2) is 11.8 Å². The zero-order chi connectivity index (χ0) is 19.3. The van der Waals surface area contributed by atoms with Crippen LogP contribution in [0.3, 0.4) is 0 Å². The number of ether oxygens (including phenoxy) is 1. The van der Waals surface area contributed by atoms with Crippen molar-refractivity contribution >= 4 is 25.5 Å². The Morgan fingerprint density at radius 2 is 2.23 bits per heavy atom. The molecule has 3 aliphatic heterocycles. The van der Waals surface area contributed by atoms with Crippen molar-refractivity contribution in [2.75, 3.05) is 13.2 Å². The van der Waals surface area contributed by atoms with Crippen LogP contribution in [-0.2, 0) is 22.9 Å². The molecule has 0 spiro atoms. The summed E-state index contributed by atoms with van der Waals surface area (Å²) >= 11 is 5.85. The maximum atomic E-state index is 13.8. The molecule has 2 fully saturated rings. The predicted molar refractivity (Wildman–Crippen MR) is 83.4 cm³/mol. The minimum Gasteiger partial charge on any atom is -0.386 e. The Morgan fingerprint density at radius 1 is 1.54 bits per heavy atom. The summed E-state index contributed by atoms with van der Waals surface area (Å²) in [5, 5.41) is 13.1. The molecule has 0 aromatic heterocycles. The molecule has 0 aromatic carbocycles. The predicted octanol–water partition coefficient (Wildman–Crippen LogP) is 1.76. The molecule has 2 amide bonds. The van der Waals surface area contributed by atoms with E-state index >= 15 is 0 Å². The number of fused-ring (bicyclic) bond motifs is 1. The van der Waals surface area contributed by atoms with Crippen LogP contribution in [0.5, 0.6) is 0 Å². The van der Waals surface area contributed by atoms with E-state index < -0.39 is 57.0 Å². The smallest absolute Gasteiger partial charge is 0.386 e. The van der Waals surface area contributed by atoms with Crippen molar-refractivity contribution in [2.24, 2.45) is 0 Å². The molecule has 2 saturated heterocycles. The molecule has 2 N–H and O–H groups in total. The van der Waals surface area contributed by atoms with E-state index in [1.807, 2.05) is 0 Å². The SMILES string of the molecule is CC(C)OP1(=O)OC[C@@]2(C(F)F)O[C@@H](N3C=C(Cl)CNC3=O)[C@H](O)[C@H]2O1. The molecule has 0 aliphatic carbocycles. The first kappa shape index (κ1) is 19.9. The second-order valence-corrected chi connectivity index (χ2v) is 8.36. The van der Waals surface area contributed by atoms with Gasteiger partial charge in [-0.2, -0.15) is 0 Å². The molecule has 3 rings (SSSR count). The number of carbonyl (C=O) groups is 1. The van der Waals surface area contributed by atoms with Crippen LogP contribution in [0.2, 0.25) is 0 Å². The molecule has 0 aromatic rings. The summed E-state index contributed by atoms with van der Waals surface area (Å²) in [6.07, 6.45) is -7.61. The summed E-state index contributed by atoms with van der Waals surface area (Å²) in [5.74, 6) is 0. The molecule has 5 atom stereocenters. The number of rotatable bonds is 4. The lowest BCUT2D eigenvalue weighted by atomic mass is 9.96. The van der Waals surface area contributed by atoms with E-state index in [4.69, 9.17) is 29.9 Å². The number of aliphatic hydroxyl groups excluding tert-OH is 1. The van der Waals surface area contributed by atoms with Crippen LogP contribution in [0.25, 0.3) is 0 Å². The minimum absolute atomic E-state index is 0.0557. The van der Waals surface area contributed by atoms with Gasteiger partial charge in [-0.15, -0.1) is 0 Å². The third kappa shape index (κ3) is 3.37. The van der Waals surface area contributed by atoms with Gasteiger partial charge in [0.25, 0.3) is 6.43 Å². The quantitative estimate of drug-likeness (QED) is 0.670. The summed E-state index contributed by atoms with van der Waals surface area (Å²) in [6, 6.07) is -0.705. The van der Waals surface area contributed by atoms with Crippen LogP contribution in [0, 0.1) is 0 Å². The summed E-state index contributed by atoms with van der Waals surface area (Å²) in [6.45, 7) is 2.31. The van der Waals surface area contributed by atoms with Crippen molar-refractivity contribution in [3.05, 3.63) is 11.2 Å². The third-order valence-corrected chi connectivity index (χ3v) is 5.86. The van der Waals surface area contributed by atoms with E-state index in [2.05, 4.69) is 5.32 Å². The van der Waals surface area contributed by atoms with Crippen LogP contribution < -0.4 is 5.32 Å². The largest absolute Gasteiger partial charge is 0.475 e. The van der Waals surface area contributed by atoms with Gasteiger partial charge in [0.1, 0.15) is 12.2 Å². The highest BCUT2D eigenvalue weighted by molar-refractivity contribution is 7.48. The first-order valence-corrected chi connectivity index (χ1v) is 9.59. The van der Waals surface area contributed by atoms with Crippen molar-refractivity contribution in [3.8, 4) is 0 Å². The Morgan fingerprint density at radius 3 is 2.85 bits per heavy atom. The number of aliphatic hydroxyl groups is 1. The maximum Gasteiger partial charge on any atom is 0.475 e. The molecule has 3 aliphatic rings. The van der Waals surface area contributed by atoms with Gasteiger partial charge in [-0.25, -0.2) is 18.1 Å². The van der Waals surface area contributed by atoms with Crippen molar-refractivity contribution in [2.45, 2.75) is 50.4 Å². The van der Waals surface area contributed by atoms with E-state index in [-0.39, 0.29) is 11.6 Å². The fourth-order valence-corrected chi connectivity index (χ4v) is 4.69. The van der Waals surface area contributed by atoms with Gasteiger partial charge in [-0.05, 0) is 13.8 Å². The van der Waals surface area contributed by atoms with Crippen LogP contribution >= 0.6 is 19.4 Å². The number of alkyl halides is 2. The number of phosphoric acid groups is 1. The van der Waals surface area contributed by atoms with Gasteiger partial charge in [0, 0.05) is 6.20 Å². The van der Waals surface area contributed by atoms with Crippen molar-refractivity contribution in [3.63, 3.8) is 0 Å². The molecule has 0 radical (unpaired) electrons. The molecule has 9 nitrogen and oxygen atoms in total. The number of phosphoric ester groups is 1. The lowest BCUT2D eigenvalue weighted by Gasteiger charge is -2.39. The van der Waals surface area contributed by atoms with Crippen molar-refractivity contribution in [1.82, 2.24) is 10.2 Å². The second kappa shape index (κ2) is 6.97. The number of hydrogen-bond donors (Lipinski definition) is 2. The summed E-state index contributed by atoms with van der Waals surface area (Å²) in [7, 11) is -4.19. The Hall–Kier alpha value is -0.810. The highest BCUT2D eigenvalue weighted by Crippen LogP contribution is 2.60. The minimum atomic E-state index is -4.19. The first-order chi connectivity index (χ1) is 12.1. The number of nitrogens with zero attached hydrogens (tertiary/aromatic N) is 1. The van der Waals surface area contributed by atoms with E-state index in [0.717, 1.165) is 11.1 Å². The third-order valence-electron chi connectivity index (χ3n) is 4.02. The Labute approximate surface area is 152 Å². The summed E-state index contributed by atoms with van der Waals surface area (Å²) in [5.41, 5.74) is -2.42. The molecule has 26 heavy (non-hydrogen) atoms. The van der Waals surface area contributed by atoms with Gasteiger partial charge in [0.05, 0.1) is 24.3 Å².